The van der Waals surface area contributed by atoms with Crippen LogP contribution in [0.25, 0.3) is 32.9 Å². The first-order chi connectivity index (χ1) is 26.8. The first-order valence-corrected chi connectivity index (χ1v) is 22.7. The molecule has 2 bridgehead atoms. The fourth-order valence-corrected chi connectivity index (χ4v) is 16.2. The molecule has 0 spiro atoms. The Labute approximate surface area is 330 Å². The number of fused-ring (bicyclic) bond motifs is 5. The number of hydrogen-bond acceptors (Lipinski definition) is 8. The zero-order valence-electron chi connectivity index (χ0n) is 33.8. The van der Waals surface area contributed by atoms with Gasteiger partial charge >= 0.3 is 6.01 Å². The van der Waals surface area contributed by atoms with Crippen LogP contribution in [0.1, 0.15) is 79.2 Å². The van der Waals surface area contributed by atoms with Gasteiger partial charge in [-0.05, 0) is 60.3 Å². The number of alkyl halides is 1. The van der Waals surface area contributed by atoms with Crippen LogP contribution in [-0.4, -0.2) is 97.7 Å². The number of nitrogens with one attached hydrogen (secondary N) is 1. The second-order valence-electron chi connectivity index (χ2n) is 17.8. The summed E-state index contributed by atoms with van der Waals surface area (Å²) in [4.78, 5) is 18.8. The van der Waals surface area contributed by atoms with Crippen LogP contribution in [0.2, 0.25) is 16.6 Å². The molecule has 4 atom stereocenters. The third-order valence-electron chi connectivity index (χ3n) is 13.5. The number of piperazine rings is 1. The maximum Gasteiger partial charge on any atom is 0.319 e. The number of aromatic nitrogens is 3. The lowest BCUT2D eigenvalue weighted by Crippen LogP contribution is -2.61. The van der Waals surface area contributed by atoms with Crippen LogP contribution in [0.4, 0.5) is 19.0 Å². The van der Waals surface area contributed by atoms with E-state index in [-0.39, 0.29) is 41.0 Å². The van der Waals surface area contributed by atoms with Crippen molar-refractivity contribution in [3.05, 3.63) is 53.7 Å². The summed E-state index contributed by atoms with van der Waals surface area (Å²) < 4.78 is 60.3. The molecule has 8 nitrogen and oxygen atoms in total. The Morgan fingerprint density at radius 1 is 1.00 bits per heavy atom. The Hall–Kier alpha value is -3.76. The highest BCUT2D eigenvalue weighted by molar-refractivity contribution is 6.90. The largest absolute Gasteiger partial charge is 0.461 e. The highest BCUT2D eigenvalue weighted by Gasteiger charge is 2.50. The molecule has 0 amide bonds. The van der Waals surface area contributed by atoms with Gasteiger partial charge in [0.2, 0.25) is 0 Å². The van der Waals surface area contributed by atoms with Crippen molar-refractivity contribution in [3.63, 3.8) is 0 Å². The summed E-state index contributed by atoms with van der Waals surface area (Å²) in [5, 5.41) is 5.49. The fraction of sp³-hybridized carbons (Fsp3) is 0.568. The van der Waals surface area contributed by atoms with Crippen molar-refractivity contribution in [2.24, 2.45) is 0 Å². The van der Waals surface area contributed by atoms with E-state index in [4.69, 9.17) is 24.4 Å². The first-order valence-electron chi connectivity index (χ1n) is 20.4. The van der Waals surface area contributed by atoms with Crippen LogP contribution >= 0.6 is 0 Å². The molecule has 12 heteroatoms. The molecule has 0 saturated carbocycles. The number of benzene rings is 2. The maximum atomic E-state index is 17.5. The first kappa shape index (κ1) is 39.1. The number of halogens is 3. The van der Waals surface area contributed by atoms with Gasteiger partial charge in [-0.15, -0.1) is 5.54 Å². The minimum Gasteiger partial charge on any atom is -0.461 e. The number of ether oxygens (including phenoxy) is 2. The molecule has 0 radical (unpaired) electrons. The van der Waals surface area contributed by atoms with Crippen molar-refractivity contribution >= 4 is 35.6 Å². The summed E-state index contributed by atoms with van der Waals surface area (Å²) in [6, 6.07) is 8.95. The normalized spacial score (nSPS) is 25.2. The van der Waals surface area contributed by atoms with Gasteiger partial charge in [-0.25, -0.2) is 13.2 Å². The van der Waals surface area contributed by atoms with Crippen LogP contribution in [0.3, 0.4) is 0 Å². The van der Waals surface area contributed by atoms with Gasteiger partial charge in [0, 0.05) is 56.4 Å². The molecule has 4 aromatic rings. The molecular weight excluding hydrogens is 730 g/mol. The predicted octanol–water partition coefficient (Wildman–Crippen LogP) is 8.61. The van der Waals surface area contributed by atoms with Crippen LogP contribution < -0.4 is 15.0 Å². The Kier molecular flexibility index (Phi) is 10.4. The molecule has 0 unspecified atom stereocenters. The lowest BCUT2D eigenvalue weighted by atomic mass is 9.95. The molecule has 2 aromatic heterocycles. The maximum absolute atomic E-state index is 17.5. The number of nitrogens with zero attached hydrogens (tertiary/aromatic N) is 5. The fourth-order valence-electron chi connectivity index (χ4n) is 11.0. The zero-order valence-corrected chi connectivity index (χ0v) is 34.8. The Morgan fingerprint density at radius 2 is 1.79 bits per heavy atom. The van der Waals surface area contributed by atoms with Crippen molar-refractivity contribution < 1.29 is 22.6 Å². The zero-order chi connectivity index (χ0) is 39.6. The van der Waals surface area contributed by atoms with E-state index >= 15 is 8.78 Å². The molecule has 1 N–H and O–H groups in total. The lowest BCUT2D eigenvalue weighted by molar-refractivity contribution is 0.107. The highest BCUT2D eigenvalue weighted by Crippen LogP contribution is 2.44. The molecule has 298 valence electrons. The van der Waals surface area contributed by atoms with E-state index in [0.717, 1.165) is 37.6 Å². The smallest absolute Gasteiger partial charge is 0.319 e. The summed E-state index contributed by atoms with van der Waals surface area (Å²) in [5.74, 6) is 2.80. The van der Waals surface area contributed by atoms with Crippen molar-refractivity contribution in [1.29, 1.82) is 0 Å². The topological polar surface area (TPSA) is 75.6 Å². The third kappa shape index (κ3) is 6.56. The van der Waals surface area contributed by atoms with Crippen molar-refractivity contribution in [3.8, 4) is 28.7 Å². The number of anilines is 1. The Bertz CT molecular complexity index is 2180. The SMILES string of the molecule is COC[C@@]12CC[C@@H](CN(c3nc(OC[C@@]45CCCN4C[C@H](F)C5)nc4c(F)c(-c5cccc6ccc(F)c(C#C[Si](C(C)C)(C(C)C)C(C)C)c56)ncc34)C1)N2. The average molecular weight is 785 g/mol. The van der Waals surface area contributed by atoms with E-state index in [1.165, 1.54) is 6.07 Å². The second kappa shape index (κ2) is 14.9. The van der Waals surface area contributed by atoms with Crippen LogP contribution in [0.15, 0.2) is 36.5 Å². The van der Waals surface area contributed by atoms with Crippen molar-refractivity contribution in [1.82, 2.24) is 25.2 Å². The van der Waals surface area contributed by atoms with Gasteiger partial charge in [0.1, 0.15) is 43.7 Å². The van der Waals surface area contributed by atoms with Gasteiger partial charge in [0.15, 0.2) is 5.82 Å². The minimum absolute atomic E-state index is 0.0478. The number of hydrogen-bond donors (Lipinski definition) is 1. The van der Waals surface area contributed by atoms with Gasteiger partial charge in [-0.2, -0.15) is 9.97 Å². The number of pyridine rings is 1. The standard InChI is InChI=1S/C44H55F3N6O2Si/c1-27(2)56(28(3)4,29(5)6)19-15-33-36(46)13-12-30-10-8-11-34(37(30)33)39-38(47)40-35(21-48-39)41(52-23-32-14-17-43(24-52,51-32)25-54-7)50-42(49-40)55-26-44-16-9-18-53(44)22-31(45)20-44/h8,10-13,21,27-29,31-32,51H,9,14,16-18,20,22-26H2,1-7H3/t31-,32+,43-,44+/m1/s1. The Balaban J connectivity index is 1.28. The molecule has 0 aliphatic carbocycles. The van der Waals surface area contributed by atoms with Gasteiger partial charge in [0.25, 0.3) is 0 Å². The molecule has 4 saturated heterocycles. The van der Waals surface area contributed by atoms with E-state index in [0.29, 0.717) is 71.4 Å². The van der Waals surface area contributed by atoms with Crippen LogP contribution in [0.5, 0.6) is 6.01 Å². The van der Waals surface area contributed by atoms with Crippen molar-refractivity contribution in [2.45, 2.75) is 114 Å². The molecule has 8 rings (SSSR count). The van der Waals surface area contributed by atoms with E-state index in [1.54, 1.807) is 25.4 Å². The summed E-state index contributed by atoms with van der Waals surface area (Å²) >= 11 is 0. The summed E-state index contributed by atoms with van der Waals surface area (Å²) in [6.07, 6.45) is 4.86. The van der Waals surface area contributed by atoms with Gasteiger partial charge < -0.3 is 19.7 Å². The quantitative estimate of drug-likeness (QED) is 0.127. The molecular formula is C44H55F3N6O2Si. The molecule has 56 heavy (non-hydrogen) atoms. The highest BCUT2D eigenvalue weighted by atomic mass is 28.3. The number of methoxy groups -OCH3 is 1. The third-order valence-corrected chi connectivity index (χ3v) is 19.8. The summed E-state index contributed by atoms with van der Waals surface area (Å²) in [7, 11) is -0.522. The molecule has 4 aliphatic rings. The molecule has 4 aliphatic heterocycles. The summed E-state index contributed by atoms with van der Waals surface area (Å²) in [6.45, 7) is 16.6. The van der Waals surface area contributed by atoms with E-state index in [1.807, 2.05) is 12.1 Å². The molecule has 4 fully saturated rings. The van der Waals surface area contributed by atoms with Crippen molar-refractivity contribution in [2.75, 3.05) is 51.4 Å². The predicted molar refractivity (Wildman–Crippen MR) is 220 cm³/mol. The second-order valence-corrected chi connectivity index (χ2v) is 23.4. The summed E-state index contributed by atoms with van der Waals surface area (Å²) in [5.41, 5.74) is 4.89. The monoisotopic (exact) mass is 784 g/mol. The van der Waals surface area contributed by atoms with E-state index in [9.17, 15) is 4.39 Å². The van der Waals surface area contributed by atoms with Gasteiger partial charge in [0.05, 0.1) is 28.6 Å². The molecule has 2 aromatic carbocycles. The number of rotatable bonds is 10. The van der Waals surface area contributed by atoms with Gasteiger partial charge in [-0.1, -0.05) is 71.7 Å². The average Bonchev–Trinajstić information content (AvgIpc) is 3.79. The van der Waals surface area contributed by atoms with Crippen LogP contribution in [0, 0.1) is 23.1 Å². The van der Waals surface area contributed by atoms with Gasteiger partial charge in [-0.3, -0.25) is 9.88 Å². The minimum atomic E-state index is -2.23. The van der Waals surface area contributed by atoms with E-state index in [2.05, 4.69) is 68.1 Å². The van der Waals surface area contributed by atoms with E-state index < -0.39 is 31.4 Å². The molecule has 6 heterocycles. The van der Waals surface area contributed by atoms with Crippen LogP contribution in [-0.2, 0) is 4.74 Å². The lowest BCUT2D eigenvalue weighted by Gasteiger charge is -2.41. The Morgan fingerprint density at radius 3 is 2.54 bits per heavy atom.